The van der Waals surface area contributed by atoms with Crippen LogP contribution < -0.4 is 0 Å². The Kier molecular flexibility index (Phi) is 5.27. The van der Waals surface area contributed by atoms with Gasteiger partial charge in [-0.05, 0) is 12.5 Å². The Hall–Kier alpha value is -0.400. The first-order valence-corrected chi connectivity index (χ1v) is 7.35. The van der Waals surface area contributed by atoms with Gasteiger partial charge in [0.15, 0.2) is 0 Å². The van der Waals surface area contributed by atoms with E-state index in [4.69, 9.17) is 0 Å². The summed E-state index contributed by atoms with van der Waals surface area (Å²) in [6.07, 6.45) is 3.89. The second-order valence-electron chi connectivity index (χ2n) is 2.62. The lowest BCUT2D eigenvalue weighted by molar-refractivity contribution is 0.947. The third kappa shape index (κ3) is 2.79. The Bertz CT molecular complexity index is 333. The van der Waals surface area contributed by atoms with Gasteiger partial charge < -0.3 is 0 Å². The quantitative estimate of drug-likeness (QED) is 0.579. The van der Waals surface area contributed by atoms with Gasteiger partial charge in [0, 0.05) is 11.1 Å². The van der Waals surface area contributed by atoms with E-state index in [-0.39, 0.29) is 13.1 Å². The number of rotatable bonds is 6. The molecule has 1 aromatic rings. The molecule has 0 saturated carbocycles. The predicted octanol–water partition coefficient (Wildman–Crippen LogP) is 3.72. The van der Waals surface area contributed by atoms with Crippen LogP contribution in [0.4, 0.5) is 0 Å². The molecule has 82 valence electrons. The van der Waals surface area contributed by atoms with E-state index in [1.807, 2.05) is 12.5 Å². The Labute approximate surface area is 100 Å². The molecule has 4 nitrogen and oxygen atoms in total. The summed E-state index contributed by atoms with van der Waals surface area (Å²) in [5.74, 6) is 0. The van der Waals surface area contributed by atoms with Crippen LogP contribution in [0.25, 0.3) is 0 Å². The number of thiophene rings is 1. The summed E-state index contributed by atoms with van der Waals surface area (Å²) < 4.78 is 2.11. The molecule has 0 bridgehead atoms. The molecule has 0 aromatic carbocycles. The minimum atomic E-state index is 0.123. The molecule has 0 aliphatic carbocycles. The normalized spacial score (nSPS) is 10.3. The Balaban J connectivity index is 3.20. The molecule has 0 fully saturated rings. The van der Waals surface area contributed by atoms with Crippen molar-refractivity contribution in [1.82, 2.24) is 0 Å². The largest absolute Gasteiger partial charge is 0.150 e. The molecule has 1 heterocycles. The van der Waals surface area contributed by atoms with Crippen LogP contribution in [-0.2, 0) is 13.1 Å². The van der Waals surface area contributed by atoms with Crippen molar-refractivity contribution in [2.24, 2.45) is 10.4 Å². The van der Waals surface area contributed by atoms with Crippen molar-refractivity contribution in [3.63, 3.8) is 0 Å². The lowest BCUT2D eigenvalue weighted by Gasteiger charge is -1.99. The molecule has 0 unspecified atom stereocenters. The fraction of sp³-hybridized carbons (Fsp3) is 0.500. The molecule has 0 aliphatic rings. The first-order valence-electron chi connectivity index (χ1n) is 4.09. The van der Waals surface area contributed by atoms with Crippen molar-refractivity contribution in [2.75, 3.05) is 12.5 Å². The molecule has 0 spiro atoms. The number of thioether (sulfide) groups is 2. The lowest BCUT2D eigenvalue weighted by atomic mass is 10.2. The Morgan fingerprint density at radius 2 is 1.40 bits per heavy atom. The van der Waals surface area contributed by atoms with Crippen LogP contribution in [0.5, 0.6) is 0 Å². The summed E-state index contributed by atoms with van der Waals surface area (Å²) >= 11 is 4.74. The smallest absolute Gasteiger partial charge is 0.108 e. The van der Waals surface area contributed by atoms with Crippen LogP contribution in [0.15, 0.2) is 18.8 Å². The fourth-order valence-electron chi connectivity index (χ4n) is 1.23. The van der Waals surface area contributed by atoms with Crippen LogP contribution >= 0.6 is 34.9 Å². The maximum absolute atomic E-state index is 10.3. The highest BCUT2D eigenvalue weighted by atomic mass is 32.2. The van der Waals surface area contributed by atoms with Crippen LogP contribution in [0.2, 0.25) is 0 Å². The third-order valence-electron chi connectivity index (χ3n) is 1.86. The van der Waals surface area contributed by atoms with Gasteiger partial charge in [-0.3, -0.25) is 0 Å². The summed E-state index contributed by atoms with van der Waals surface area (Å²) in [7, 11) is 0. The van der Waals surface area contributed by atoms with E-state index in [2.05, 4.69) is 10.4 Å². The maximum Gasteiger partial charge on any atom is 0.108 e. The Morgan fingerprint density at radius 1 is 1.00 bits per heavy atom. The van der Waals surface area contributed by atoms with Gasteiger partial charge in [-0.25, -0.2) is 0 Å². The second kappa shape index (κ2) is 6.24. The number of nitrogens with zero attached hydrogens (tertiary/aromatic N) is 2. The van der Waals surface area contributed by atoms with E-state index >= 15 is 0 Å². The van der Waals surface area contributed by atoms with Gasteiger partial charge in [0.05, 0.1) is 8.42 Å². The van der Waals surface area contributed by atoms with Gasteiger partial charge in [-0.15, -0.1) is 34.9 Å². The van der Waals surface area contributed by atoms with Crippen LogP contribution in [0, 0.1) is 9.81 Å². The average molecular weight is 262 g/mol. The average Bonchev–Trinajstić information content (AvgIpc) is 2.58. The number of hydrogen-bond donors (Lipinski definition) is 0. The molecule has 7 heteroatoms. The van der Waals surface area contributed by atoms with Gasteiger partial charge in [0.25, 0.3) is 0 Å². The van der Waals surface area contributed by atoms with Gasteiger partial charge in [-0.1, -0.05) is 10.4 Å². The maximum atomic E-state index is 10.3. The topological polar surface area (TPSA) is 58.9 Å². The van der Waals surface area contributed by atoms with Crippen molar-refractivity contribution in [3.05, 3.63) is 20.9 Å². The molecule has 0 radical (unpaired) electrons. The third-order valence-corrected chi connectivity index (χ3v) is 5.46. The summed E-state index contributed by atoms with van der Waals surface area (Å²) in [6.45, 7) is 0.246. The summed E-state index contributed by atoms with van der Waals surface area (Å²) in [5.41, 5.74) is 1.73. The predicted molar refractivity (Wildman–Crippen MR) is 66.9 cm³/mol. The van der Waals surface area contributed by atoms with Gasteiger partial charge in [0.1, 0.15) is 13.1 Å². The highest BCUT2D eigenvalue weighted by molar-refractivity contribution is 8.02. The van der Waals surface area contributed by atoms with E-state index < -0.39 is 0 Å². The van der Waals surface area contributed by atoms with Gasteiger partial charge in [0.2, 0.25) is 0 Å². The molecule has 0 aliphatic heterocycles. The minimum absolute atomic E-state index is 0.123. The number of nitroso groups, excluding NO2 is 2. The molecule has 0 N–H and O–H groups in total. The highest BCUT2D eigenvalue weighted by Crippen LogP contribution is 2.40. The van der Waals surface area contributed by atoms with Crippen molar-refractivity contribution < 1.29 is 0 Å². The molecular weight excluding hydrogens is 252 g/mol. The molecule has 0 saturated heterocycles. The van der Waals surface area contributed by atoms with E-state index in [9.17, 15) is 9.81 Å². The van der Waals surface area contributed by atoms with Gasteiger partial charge in [-0.2, -0.15) is 9.81 Å². The lowest BCUT2D eigenvalue weighted by Crippen LogP contribution is -1.89. The van der Waals surface area contributed by atoms with E-state index in [1.165, 1.54) is 0 Å². The van der Waals surface area contributed by atoms with E-state index in [1.54, 1.807) is 34.9 Å². The zero-order valence-corrected chi connectivity index (χ0v) is 10.8. The van der Waals surface area contributed by atoms with Crippen LogP contribution in [0.1, 0.15) is 11.1 Å². The summed E-state index contributed by atoms with van der Waals surface area (Å²) in [5, 5.41) is 5.79. The molecule has 15 heavy (non-hydrogen) atoms. The van der Waals surface area contributed by atoms with Crippen molar-refractivity contribution >= 4 is 34.9 Å². The summed E-state index contributed by atoms with van der Waals surface area (Å²) in [6, 6.07) is 0. The molecular formula is C8H10N2O2S3. The second-order valence-corrected chi connectivity index (χ2v) is 5.79. The summed E-state index contributed by atoms with van der Waals surface area (Å²) in [4.78, 5) is 20.7. The highest BCUT2D eigenvalue weighted by Gasteiger charge is 2.17. The standard InChI is InChI=1S/C8H10N2O2S3/c1-13-7-5(3-9-11)6(4-10-12)8(14-2)15-7/h3-4H2,1-2H3. The zero-order valence-electron chi connectivity index (χ0n) is 8.35. The minimum Gasteiger partial charge on any atom is -0.150 e. The monoisotopic (exact) mass is 262 g/mol. The molecule has 1 rings (SSSR count). The van der Waals surface area contributed by atoms with Crippen molar-refractivity contribution in [3.8, 4) is 0 Å². The first kappa shape index (κ1) is 12.7. The SMILES string of the molecule is CSc1sc(SC)c(CN=O)c1CN=O. The zero-order chi connectivity index (χ0) is 11.3. The van der Waals surface area contributed by atoms with Crippen LogP contribution in [0.3, 0.4) is 0 Å². The molecule has 0 amide bonds. The first-order chi connectivity index (χ1) is 7.28. The van der Waals surface area contributed by atoms with Crippen molar-refractivity contribution in [1.29, 1.82) is 0 Å². The van der Waals surface area contributed by atoms with E-state index in [0.29, 0.717) is 0 Å². The Morgan fingerprint density at radius 3 is 1.67 bits per heavy atom. The van der Waals surface area contributed by atoms with Crippen molar-refractivity contribution in [2.45, 2.75) is 21.5 Å². The van der Waals surface area contributed by atoms with Crippen LogP contribution in [-0.4, -0.2) is 12.5 Å². The van der Waals surface area contributed by atoms with Gasteiger partial charge >= 0.3 is 0 Å². The van der Waals surface area contributed by atoms with E-state index in [0.717, 1.165) is 19.5 Å². The molecule has 0 atom stereocenters. The molecule has 1 aromatic heterocycles. The number of hydrogen-bond acceptors (Lipinski definition) is 7. The fourth-order valence-corrected chi connectivity index (χ4v) is 4.22.